The van der Waals surface area contributed by atoms with Gasteiger partial charge in [-0.2, -0.15) is 0 Å². The average Bonchev–Trinajstić information content (AvgIpc) is 3.04. The molecule has 4 nitrogen and oxygen atoms in total. The van der Waals surface area contributed by atoms with Gasteiger partial charge in [0.2, 0.25) is 5.91 Å². The maximum atomic E-state index is 12.5. The standard InChI is InChI=1S/C15H16BrClN2O2/c16-14-10(17)6-3-7-11(14)18-12-8-13(20)19(15(12)21)9-4-1-2-5-9/h3,6-7,9,12,18H,1-2,4-5,8H2. The number of imide groups is 1. The molecule has 21 heavy (non-hydrogen) atoms. The van der Waals surface area contributed by atoms with Crippen LogP contribution in [0.2, 0.25) is 5.02 Å². The van der Waals surface area contributed by atoms with Gasteiger partial charge in [0, 0.05) is 6.04 Å². The van der Waals surface area contributed by atoms with E-state index in [9.17, 15) is 9.59 Å². The van der Waals surface area contributed by atoms with Gasteiger partial charge >= 0.3 is 0 Å². The molecule has 0 spiro atoms. The van der Waals surface area contributed by atoms with E-state index in [0.29, 0.717) is 9.50 Å². The van der Waals surface area contributed by atoms with Gasteiger partial charge in [-0.25, -0.2) is 0 Å². The minimum Gasteiger partial charge on any atom is -0.372 e. The molecule has 2 fully saturated rings. The van der Waals surface area contributed by atoms with Gasteiger partial charge in [-0.15, -0.1) is 0 Å². The summed E-state index contributed by atoms with van der Waals surface area (Å²) in [6.45, 7) is 0. The highest BCUT2D eigenvalue weighted by molar-refractivity contribution is 9.10. The summed E-state index contributed by atoms with van der Waals surface area (Å²) in [4.78, 5) is 26.1. The Bertz CT molecular complexity index is 587. The molecule has 1 unspecified atom stereocenters. The van der Waals surface area contributed by atoms with Crippen LogP contribution in [0.25, 0.3) is 0 Å². The molecule has 1 aromatic rings. The minimum atomic E-state index is -0.493. The molecule has 3 rings (SSSR count). The lowest BCUT2D eigenvalue weighted by molar-refractivity contribution is -0.141. The maximum Gasteiger partial charge on any atom is 0.252 e. The lowest BCUT2D eigenvalue weighted by atomic mass is 10.2. The van der Waals surface area contributed by atoms with E-state index in [2.05, 4.69) is 21.2 Å². The molecule has 6 heteroatoms. The van der Waals surface area contributed by atoms with Crippen molar-refractivity contribution in [3.63, 3.8) is 0 Å². The first kappa shape index (κ1) is 14.9. The Morgan fingerprint density at radius 2 is 1.95 bits per heavy atom. The van der Waals surface area contributed by atoms with Crippen LogP contribution in [-0.4, -0.2) is 28.8 Å². The Morgan fingerprint density at radius 1 is 1.24 bits per heavy atom. The van der Waals surface area contributed by atoms with Crippen LogP contribution in [0.4, 0.5) is 5.69 Å². The number of halogens is 2. The smallest absolute Gasteiger partial charge is 0.252 e. The Morgan fingerprint density at radius 3 is 2.67 bits per heavy atom. The number of carbonyl (C=O) groups excluding carboxylic acids is 2. The van der Waals surface area contributed by atoms with Crippen LogP contribution in [0.5, 0.6) is 0 Å². The molecule has 2 aliphatic rings. The van der Waals surface area contributed by atoms with Crippen molar-refractivity contribution in [1.29, 1.82) is 0 Å². The van der Waals surface area contributed by atoms with Gasteiger partial charge in [-0.1, -0.05) is 30.5 Å². The molecule has 2 amide bonds. The highest BCUT2D eigenvalue weighted by atomic mass is 79.9. The van der Waals surface area contributed by atoms with Gasteiger partial charge in [-0.05, 0) is 40.9 Å². The maximum absolute atomic E-state index is 12.5. The number of hydrogen-bond acceptors (Lipinski definition) is 3. The highest BCUT2D eigenvalue weighted by Crippen LogP contribution is 2.33. The quantitative estimate of drug-likeness (QED) is 0.826. The predicted octanol–water partition coefficient (Wildman–Crippen LogP) is 3.58. The van der Waals surface area contributed by atoms with Crippen LogP contribution < -0.4 is 5.32 Å². The van der Waals surface area contributed by atoms with Crippen LogP contribution in [0.3, 0.4) is 0 Å². The molecule has 1 saturated heterocycles. The number of nitrogens with zero attached hydrogens (tertiary/aromatic N) is 1. The summed E-state index contributed by atoms with van der Waals surface area (Å²) in [6, 6.07) is 5.02. The van der Waals surface area contributed by atoms with Crippen molar-refractivity contribution in [2.45, 2.75) is 44.2 Å². The van der Waals surface area contributed by atoms with Crippen molar-refractivity contribution in [1.82, 2.24) is 4.90 Å². The molecule has 112 valence electrons. The number of likely N-dealkylation sites (tertiary alicyclic amines) is 1. The second-order valence-corrected chi connectivity index (χ2v) is 6.74. The number of nitrogens with one attached hydrogen (secondary N) is 1. The first-order chi connectivity index (χ1) is 10.1. The molecule has 0 aromatic heterocycles. The third-order valence-electron chi connectivity index (χ3n) is 4.15. The summed E-state index contributed by atoms with van der Waals surface area (Å²) >= 11 is 9.45. The molecule has 1 aliphatic heterocycles. The molecule has 1 atom stereocenters. The Balaban J connectivity index is 1.76. The number of carbonyl (C=O) groups is 2. The zero-order valence-electron chi connectivity index (χ0n) is 11.4. The van der Waals surface area contributed by atoms with Crippen molar-refractivity contribution in [3.05, 3.63) is 27.7 Å². The lowest BCUT2D eigenvalue weighted by Crippen LogP contribution is -2.41. The lowest BCUT2D eigenvalue weighted by Gasteiger charge is -2.22. The van der Waals surface area contributed by atoms with Gasteiger partial charge in [-0.3, -0.25) is 14.5 Å². The minimum absolute atomic E-state index is 0.0671. The van der Waals surface area contributed by atoms with E-state index >= 15 is 0 Å². The van der Waals surface area contributed by atoms with Gasteiger partial charge in [0.25, 0.3) is 5.91 Å². The number of benzene rings is 1. The molecule has 1 N–H and O–H groups in total. The van der Waals surface area contributed by atoms with E-state index in [1.165, 1.54) is 4.90 Å². The van der Waals surface area contributed by atoms with E-state index in [4.69, 9.17) is 11.6 Å². The van der Waals surface area contributed by atoms with E-state index in [1.807, 2.05) is 12.1 Å². The summed E-state index contributed by atoms with van der Waals surface area (Å²) in [5.41, 5.74) is 0.738. The topological polar surface area (TPSA) is 49.4 Å². The zero-order valence-corrected chi connectivity index (χ0v) is 13.8. The number of hydrogen-bond donors (Lipinski definition) is 1. The fourth-order valence-corrected chi connectivity index (χ4v) is 3.67. The first-order valence-corrected chi connectivity index (χ1v) is 8.31. The predicted molar refractivity (Wildman–Crippen MR) is 85.3 cm³/mol. The van der Waals surface area contributed by atoms with Crippen molar-refractivity contribution in [2.75, 3.05) is 5.32 Å². The third kappa shape index (κ3) is 2.81. The molecule has 0 radical (unpaired) electrons. The average molecular weight is 372 g/mol. The summed E-state index contributed by atoms with van der Waals surface area (Å²) in [5.74, 6) is -0.179. The van der Waals surface area contributed by atoms with Crippen molar-refractivity contribution >= 4 is 45.0 Å². The summed E-state index contributed by atoms with van der Waals surface area (Å²) < 4.78 is 0.714. The normalized spacial score (nSPS) is 23.1. The van der Waals surface area contributed by atoms with Crippen LogP contribution in [0.1, 0.15) is 32.1 Å². The van der Waals surface area contributed by atoms with Gasteiger partial charge < -0.3 is 5.32 Å². The van der Waals surface area contributed by atoms with Crippen LogP contribution in [0, 0.1) is 0 Å². The SMILES string of the molecule is O=C1CC(Nc2cccc(Cl)c2Br)C(=O)N1C1CCCC1. The molecule has 1 saturated carbocycles. The second-order valence-electron chi connectivity index (χ2n) is 5.54. The molecule has 0 bridgehead atoms. The number of anilines is 1. The largest absolute Gasteiger partial charge is 0.372 e. The number of amides is 2. The summed E-state index contributed by atoms with van der Waals surface area (Å²) in [5, 5.41) is 3.71. The molecule has 1 heterocycles. The van der Waals surface area contributed by atoms with Crippen LogP contribution in [0.15, 0.2) is 22.7 Å². The van der Waals surface area contributed by atoms with E-state index in [1.54, 1.807) is 6.07 Å². The third-order valence-corrected chi connectivity index (χ3v) is 5.55. The second kappa shape index (κ2) is 5.97. The van der Waals surface area contributed by atoms with Crippen LogP contribution >= 0.6 is 27.5 Å². The first-order valence-electron chi connectivity index (χ1n) is 7.14. The molecular formula is C15H16BrClN2O2. The molecular weight excluding hydrogens is 356 g/mol. The van der Waals surface area contributed by atoms with E-state index in [0.717, 1.165) is 31.4 Å². The fourth-order valence-electron chi connectivity index (χ4n) is 3.11. The number of rotatable bonds is 3. The zero-order chi connectivity index (χ0) is 15.0. The Kier molecular flexibility index (Phi) is 4.22. The summed E-state index contributed by atoms with van der Waals surface area (Å²) in [6.07, 6.45) is 4.28. The van der Waals surface area contributed by atoms with Gasteiger partial charge in [0.1, 0.15) is 6.04 Å². The van der Waals surface area contributed by atoms with Crippen molar-refractivity contribution in [2.24, 2.45) is 0 Å². The van der Waals surface area contributed by atoms with E-state index in [-0.39, 0.29) is 24.3 Å². The van der Waals surface area contributed by atoms with Crippen molar-refractivity contribution in [3.8, 4) is 0 Å². The fraction of sp³-hybridized carbons (Fsp3) is 0.467. The van der Waals surface area contributed by atoms with Gasteiger partial charge in [0.05, 0.1) is 21.6 Å². The molecule has 1 aromatic carbocycles. The van der Waals surface area contributed by atoms with Crippen LogP contribution in [-0.2, 0) is 9.59 Å². The summed E-state index contributed by atoms with van der Waals surface area (Å²) in [7, 11) is 0. The highest BCUT2D eigenvalue weighted by Gasteiger charge is 2.43. The Labute approximate surface area is 137 Å². The Hall–Kier alpha value is -1.07. The van der Waals surface area contributed by atoms with Gasteiger partial charge in [0.15, 0.2) is 0 Å². The van der Waals surface area contributed by atoms with E-state index < -0.39 is 6.04 Å². The van der Waals surface area contributed by atoms with Crippen molar-refractivity contribution < 1.29 is 9.59 Å². The monoisotopic (exact) mass is 370 g/mol. The molecule has 1 aliphatic carbocycles.